The van der Waals surface area contributed by atoms with Crippen LogP contribution in [0.4, 0.5) is 23.1 Å². The highest BCUT2D eigenvalue weighted by Gasteiger charge is 2.14. The van der Waals surface area contributed by atoms with Gasteiger partial charge in [0, 0.05) is 49.5 Å². The SMILES string of the molecule is N=Cc1cnc(Nc2cnn(CCCN)c2)nc1[NH2+]Cc1cccc(N2CCOCC2)c1. The topological polar surface area (TPSA) is 135 Å². The van der Waals surface area contributed by atoms with Crippen molar-refractivity contribution < 1.29 is 10.1 Å². The van der Waals surface area contributed by atoms with Crippen molar-refractivity contribution >= 4 is 29.4 Å². The number of benzene rings is 1. The summed E-state index contributed by atoms with van der Waals surface area (Å²) in [6, 6.07) is 8.54. The van der Waals surface area contributed by atoms with E-state index in [2.05, 4.69) is 49.5 Å². The van der Waals surface area contributed by atoms with E-state index in [0.29, 0.717) is 24.6 Å². The van der Waals surface area contributed by atoms with Gasteiger partial charge in [-0.2, -0.15) is 10.1 Å². The van der Waals surface area contributed by atoms with Crippen molar-refractivity contribution in [2.75, 3.05) is 43.1 Å². The molecule has 0 radical (unpaired) electrons. The van der Waals surface area contributed by atoms with Gasteiger partial charge in [0.25, 0.3) is 0 Å². The lowest BCUT2D eigenvalue weighted by atomic mass is 10.1. The van der Waals surface area contributed by atoms with Gasteiger partial charge in [0.05, 0.1) is 30.7 Å². The van der Waals surface area contributed by atoms with Crippen LogP contribution in [0.3, 0.4) is 0 Å². The molecule has 168 valence electrons. The number of hydrogen-bond acceptors (Lipinski definition) is 8. The van der Waals surface area contributed by atoms with Crippen molar-refractivity contribution in [3.05, 3.63) is 54.0 Å². The van der Waals surface area contributed by atoms with E-state index >= 15 is 0 Å². The first-order valence-corrected chi connectivity index (χ1v) is 10.9. The van der Waals surface area contributed by atoms with Crippen LogP contribution in [-0.2, 0) is 17.8 Å². The Labute approximate surface area is 187 Å². The second kappa shape index (κ2) is 10.8. The molecular weight excluding hydrogens is 406 g/mol. The molecule has 0 atom stereocenters. The third-order valence-corrected chi connectivity index (χ3v) is 5.30. The molecule has 0 bridgehead atoms. The fourth-order valence-corrected chi connectivity index (χ4v) is 3.59. The van der Waals surface area contributed by atoms with E-state index in [-0.39, 0.29) is 0 Å². The summed E-state index contributed by atoms with van der Waals surface area (Å²) in [5.74, 6) is 1.20. The van der Waals surface area contributed by atoms with Crippen LogP contribution < -0.4 is 21.3 Å². The van der Waals surface area contributed by atoms with Crippen molar-refractivity contribution in [3.8, 4) is 0 Å². The molecule has 0 amide bonds. The van der Waals surface area contributed by atoms with Crippen LogP contribution in [0.2, 0.25) is 0 Å². The molecule has 4 rings (SSSR count). The monoisotopic (exact) mass is 436 g/mol. The fraction of sp³-hybridized carbons (Fsp3) is 0.364. The zero-order chi connectivity index (χ0) is 22.2. The Bertz CT molecular complexity index is 1030. The zero-order valence-corrected chi connectivity index (χ0v) is 18.1. The first-order chi connectivity index (χ1) is 15.7. The van der Waals surface area contributed by atoms with Crippen LogP contribution in [0.1, 0.15) is 17.5 Å². The van der Waals surface area contributed by atoms with E-state index in [1.165, 1.54) is 17.5 Å². The number of aromatic nitrogens is 4. The van der Waals surface area contributed by atoms with E-state index in [1.807, 2.05) is 16.2 Å². The van der Waals surface area contributed by atoms with Gasteiger partial charge in [-0.25, -0.2) is 4.98 Å². The predicted octanol–water partition coefficient (Wildman–Crippen LogP) is 0.995. The number of ether oxygens (including phenoxy) is 1. The molecule has 10 nitrogen and oxygen atoms in total. The third-order valence-electron chi connectivity index (χ3n) is 5.30. The van der Waals surface area contributed by atoms with Gasteiger partial charge in [-0.3, -0.25) is 10.00 Å². The van der Waals surface area contributed by atoms with Crippen LogP contribution in [-0.4, -0.2) is 58.8 Å². The lowest BCUT2D eigenvalue weighted by molar-refractivity contribution is -0.592. The van der Waals surface area contributed by atoms with Gasteiger partial charge in [-0.05, 0) is 25.1 Å². The van der Waals surface area contributed by atoms with Crippen LogP contribution in [0, 0.1) is 5.41 Å². The number of aryl methyl sites for hydroxylation is 1. The first kappa shape index (κ1) is 21.9. The molecule has 0 unspecified atom stereocenters. The minimum absolute atomic E-state index is 0.474. The molecular formula is C22H30N9O+. The number of hydrogen-bond donors (Lipinski definition) is 4. The Balaban J connectivity index is 1.43. The number of quaternary nitrogens is 1. The third kappa shape index (κ3) is 5.67. The lowest BCUT2D eigenvalue weighted by Gasteiger charge is -2.29. The molecule has 1 saturated heterocycles. The molecule has 0 saturated carbocycles. The molecule has 1 aliphatic heterocycles. The van der Waals surface area contributed by atoms with E-state index in [1.54, 1.807) is 12.4 Å². The highest BCUT2D eigenvalue weighted by Crippen LogP contribution is 2.18. The summed E-state index contributed by atoms with van der Waals surface area (Å²) in [4.78, 5) is 11.3. The number of morpholine rings is 1. The van der Waals surface area contributed by atoms with Gasteiger partial charge < -0.3 is 26.1 Å². The summed E-state index contributed by atoms with van der Waals surface area (Å²) >= 11 is 0. The minimum Gasteiger partial charge on any atom is -0.378 e. The highest BCUT2D eigenvalue weighted by molar-refractivity contribution is 5.81. The Hall–Kier alpha value is -3.34. The number of nitrogens with one attached hydrogen (secondary N) is 2. The van der Waals surface area contributed by atoms with Gasteiger partial charge in [0.1, 0.15) is 6.54 Å². The molecule has 3 aromatic rings. The van der Waals surface area contributed by atoms with Crippen molar-refractivity contribution in [2.45, 2.75) is 19.5 Å². The van der Waals surface area contributed by atoms with E-state index < -0.39 is 0 Å². The molecule has 32 heavy (non-hydrogen) atoms. The maximum atomic E-state index is 7.71. The average Bonchev–Trinajstić information content (AvgIpc) is 3.29. The Morgan fingerprint density at radius 2 is 2.12 bits per heavy atom. The van der Waals surface area contributed by atoms with E-state index in [4.69, 9.17) is 15.9 Å². The van der Waals surface area contributed by atoms with Crippen molar-refractivity contribution in [3.63, 3.8) is 0 Å². The second-order valence-electron chi connectivity index (χ2n) is 7.62. The maximum Gasteiger partial charge on any atom is 0.238 e. The normalized spacial score (nSPS) is 13.8. The Morgan fingerprint density at radius 1 is 1.25 bits per heavy atom. The fourth-order valence-electron chi connectivity index (χ4n) is 3.59. The van der Waals surface area contributed by atoms with Gasteiger partial charge in [-0.1, -0.05) is 12.1 Å². The smallest absolute Gasteiger partial charge is 0.238 e. The Morgan fingerprint density at radius 3 is 2.94 bits per heavy atom. The molecule has 1 aromatic carbocycles. The molecule has 3 heterocycles. The van der Waals surface area contributed by atoms with Gasteiger partial charge in [0.2, 0.25) is 11.8 Å². The summed E-state index contributed by atoms with van der Waals surface area (Å²) in [6.45, 7) is 5.47. The molecule has 1 fully saturated rings. The molecule has 1 aliphatic rings. The largest absolute Gasteiger partial charge is 0.378 e. The molecule has 0 spiro atoms. The standard InChI is InChI=1S/C22H29N9O/c23-5-2-6-31-16-19(15-27-31)28-22-26-14-18(12-24)21(29-22)25-13-17-3-1-4-20(11-17)30-7-9-32-10-8-30/h1,3-4,11-12,14-16,24H,2,5-10,13,23H2,(H2,25,26,28,29)/p+1. The van der Waals surface area contributed by atoms with Gasteiger partial charge in [-0.15, -0.1) is 0 Å². The van der Waals surface area contributed by atoms with Crippen molar-refractivity contribution in [1.82, 2.24) is 19.7 Å². The lowest BCUT2D eigenvalue weighted by Crippen LogP contribution is -2.77. The first-order valence-electron chi connectivity index (χ1n) is 10.9. The molecule has 10 heteroatoms. The number of rotatable bonds is 10. The molecule has 6 N–H and O–H groups in total. The van der Waals surface area contributed by atoms with Crippen molar-refractivity contribution in [2.24, 2.45) is 5.73 Å². The summed E-state index contributed by atoms with van der Waals surface area (Å²) in [6.07, 6.45) is 7.47. The number of nitrogens with zero attached hydrogens (tertiary/aromatic N) is 5. The zero-order valence-electron chi connectivity index (χ0n) is 18.1. The average molecular weight is 437 g/mol. The minimum atomic E-state index is 0.474. The summed E-state index contributed by atoms with van der Waals surface area (Å²) in [7, 11) is 0. The maximum absolute atomic E-state index is 7.71. The van der Waals surface area contributed by atoms with Gasteiger partial charge >= 0.3 is 0 Å². The van der Waals surface area contributed by atoms with Crippen LogP contribution in [0.15, 0.2) is 42.9 Å². The molecule has 0 aliphatic carbocycles. The van der Waals surface area contributed by atoms with Crippen LogP contribution in [0.25, 0.3) is 0 Å². The van der Waals surface area contributed by atoms with Crippen LogP contribution >= 0.6 is 0 Å². The summed E-state index contributed by atoms with van der Waals surface area (Å²) in [5, 5.41) is 17.3. The van der Waals surface area contributed by atoms with E-state index in [9.17, 15) is 0 Å². The number of nitrogens with two attached hydrogens (primary N) is 2. The molecule has 2 aromatic heterocycles. The quantitative estimate of drug-likeness (QED) is 0.348. The predicted molar refractivity (Wildman–Crippen MR) is 124 cm³/mol. The van der Waals surface area contributed by atoms with Gasteiger partial charge in [0.15, 0.2) is 0 Å². The Kier molecular flexibility index (Phi) is 7.38. The second-order valence-corrected chi connectivity index (χ2v) is 7.62. The summed E-state index contributed by atoms with van der Waals surface area (Å²) < 4.78 is 7.30. The summed E-state index contributed by atoms with van der Waals surface area (Å²) in [5.41, 5.74) is 9.46. The number of anilines is 3. The van der Waals surface area contributed by atoms with E-state index in [0.717, 1.165) is 50.8 Å². The highest BCUT2D eigenvalue weighted by atomic mass is 16.5. The van der Waals surface area contributed by atoms with Crippen molar-refractivity contribution in [1.29, 1.82) is 5.41 Å². The van der Waals surface area contributed by atoms with Crippen LogP contribution in [0.5, 0.6) is 0 Å².